The summed E-state index contributed by atoms with van der Waals surface area (Å²) in [6, 6.07) is 153. The Kier molecular flexibility index (Phi) is 13.3. The average Bonchev–Trinajstić information content (AvgIpc) is 1.51. The predicted octanol–water partition coefficient (Wildman–Crippen LogP) is 36.1. The van der Waals surface area contributed by atoms with Crippen LogP contribution in [-0.4, -0.2) is 0 Å². The highest BCUT2D eigenvalue weighted by atomic mass is 32.1. The van der Waals surface area contributed by atoms with E-state index in [1.54, 1.807) is 0 Å². The zero-order chi connectivity index (χ0) is 81.6. The molecule has 0 aliphatic carbocycles. The molecule has 30 aromatic rings. The van der Waals surface area contributed by atoms with Crippen LogP contribution in [0.1, 0.15) is 0 Å². The number of hydrogen-bond donors (Lipinski definition) is 0. The lowest BCUT2D eigenvalue weighted by Crippen LogP contribution is -1.92. The number of hydrogen-bond acceptors (Lipinski definition) is 2. The van der Waals surface area contributed by atoms with Gasteiger partial charge in [0.25, 0.3) is 0 Å². The zero-order valence-electron chi connectivity index (χ0n) is 67.9. The predicted molar refractivity (Wildman–Crippen MR) is 545 cm³/mol. The number of thiophene rings is 1. The smallest absolute Gasteiger partial charge is 0.135 e. The molecule has 2 heteroatoms. The van der Waals surface area contributed by atoms with Gasteiger partial charge in [-0.2, -0.15) is 0 Å². The van der Waals surface area contributed by atoms with Crippen LogP contribution in [0.25, 0.3) is 314 Å². The van der Waals surface area contributed by atoms with Crippen LogP contribution in [0.2, 0.25) is 0 Å². The van der Waals surface area contributed by atoms with E-state index in [2.05, 4.69) is 394 Å². The number of para-hydroxylation sites is 1. The molecule has 0 saturated carbocycles. The summed E-state index contributed by atoms with van der Waals surface area (Å²) in [6.07, 6.45) is 0. The van der Waals surface area contributed by atoms with Gasteiger partial charge in [-0.15, -0.1) is 11.3 Å². The van der Waals surface area contributed by atoms with Gasteiger partial charge in [0.05, 0.1) is 0 Å². The summed E-state index contributed by atoms with van der Waals surface area (Å²) >= 11 is 1.90. The topological polar surface area (TPSA) is 13.1 Å². The first kappa shape index (κ1) is 67.6. The number of fused-ring (bicyclic) bond motifs is 30. The molecule has 0 aliphatic heterocycles. The molecule has 0 spiro atoms. The third kappa shape index (κ3) is 8.96. The van der Waals surface area contributed by atoms with Crippen LogP contribution >= 0.6 is 11.3 Å². The lowest BCUT2D eigenvalue weighted by atomic mass is 9.83. The first-order valence-corrected chi connectivity index (χ1v) is 44.7. The largest absolute Gasteiger partial charge is 0.456 e. The Labute approximate surface area is 724 Å². The van der Waals surface area contributed by atoms with Crippen molar-refractivity contribution in [3.8, 4) is 77.9 Å². The van der Waals surface area contributed by atoms with Gasteiger partial charge in [0, 0.05) is 30.9 Å². The Morgan fingerprint density at radius 2 is 0.500 bits per heavy atom. The molecule has 1 nitrogen and oxygen atoms in total. The maximum absolute atomic E-state index is 6.31. The van der Waals surface area contributed by atoms with Gasteiger partial charge >= 0.3 is 0 Å². The van der Waals surface area contributed by atoms with Crippen molar-refractivity contribution in [1.29, 1.82) is 0 Å². The van der Waals surface area contributed by atoms with E-state index >= 15 is 0 Å². The van der Waals surface area contributed by atoms with Crippen molar-refractivity contribution in [2.24, 2.45) is 0 Å². The highest BCUT2D eigenvalue weighted by Crippen LogP contribution is 2.60. The summed E-state index contributed by atoms with van der Waals surface area (Å²) in [7, 11) is 0. The number of rotatable bonds is 7. The molecular formula is C124H66OS. The molecule has 2 aromatic heterocycles. The van der Waals surface area contributed by atoms with Crippen molar-refractivity contribution in [3.05, 3.63) is 400 Å². The van der Waals surface area contributed by atoms with Crippen LogP contribution in [0.15, 0.2) is 405 Å². The average molecular weight is 1600 g/mol. The molecule has 574 valence electrons. The van der Waals surface area contributed by atoms with Crippen molar-refractivity contribution in [1.82, 2.24) is 0 Å². The highest BCUT2D eigenvalue weighted by molar-refractivity contribution is 7.26. The molecule has 28 aromatic carbocycles. The van der Waals surface area contributed by atoms with Gasteiger partial charge in [-0.05, 0) is 332 Å². The molecule has 126 heavy (non-hydrogen) atoms. The van der Waals surface area contributed by atoms with E-state index in [4.69, 9.17) is 4.42 Å². The molecule has 0 aliphatic rings. The van der Waals surface area contributed by atoms with Gasteiger partial charge in [0.2, 0.25) is 0 Å². The molecule has 0 N–H and O–H groups in total. The molecule has 30 rings (SSSR count). The first-order valence-electron chi connectivity index (χ1n) is 43.9. The normalized spacial score (nSPS) is 12.6. The highest BCUT2D eigenvalue weighted by Gasteiger charge is 2.32. The summed E-state index contributed by atoms with van der Waals surface area (Å²) in [4.78, 5) is 0. The fraction of sp³-hybridized carbons (Fsp3) is 0. The third-order valence-electron chi connectivity index (χ3n) is 29.1. The van der Waals surface area contributed by atoms with Crippen molar-refractivity contribution in [2.45, 2.75) is 0 Å². The summed E-state index contributed by atoms with van der Waals surface area (Å²) in [5, 5.41) is 51.0. The second-order valence-electron chi connectivity index (χ2n) is 35.2. The second-order valence-corrected chi connectivity index (χ2v) is 36.3. The van der Waals surface area contributed by atoms with Gasteiger partial charge in [-0.3, -0.25) is 0 Å². The standard InChI is InChI=1S/C124H66OS/c1-3-20-69(21-4-1)110-103-65-99-85-26-9-7-24-83(85)90-32-17-37-95(115(90)99)119(103)113(123-102-64-78-52-50-75-60-73(74-56-59-106-98(62-74)87-28-11-13-40-105(87)125-106)54-57-80(75)108(78)92-34-18-38-96(116(92)102)120(110)123)72-48-44-68(45-49-72)67-42-46-71(47-43-67)111-104-66-100-86-27-10-8-25-84(86)89-31-16-36-94(114(89)100)118(104)112(70-22-5-2-6-23-70)122-101-63-79-53-51-76-61-77(82-30-15-33-91-88-29-12-14-41-107(88)126-124(82)91)55-58-81(76)109(79)93-35-19-39-97(117(93)101)121(111)122/h1-66H. The van der Waals surface area contributed by atoms with Gasteiger partial charge in [0.1, 0.15) is 11.2 Å². The fourth-order valence-electron chi connectivity index (χ4n) is 24.0. The van der Waals surface area contributed by atoms with Crippen LogP contribution in [0.5, 0.6) is 0 Å². The van der Waals surface area contributed by atoms with Crippen molar-refractivity contribution in [3.63, 3.8) is 0 Å². The molecular weight excluding hydrogens is 1540 g/mol. The van der Waals surface area contributed by atoms with E-state index in [-0.39, 0.29) is 0 Å². The minimum absolute atomic E-state index is 0.905. The van der Waals surface area contributed by atoms with Crippen LogP contribution in [0.3, 0.4) is 0 Å². The second kappa shape index (κ2) is 24.8. The van der Waals surface area contributed by atoms with E-state index in [0.717, 1.165) is 33.1 Å². The molecule has 0 bridgehead atoms. The van der Waals surface area contributed by atoms with E-state index in [1.807, 2.05) is 17.4 Å². The molecule has 0 radical (unpaired) electrons. The van der Waals surface area contributed by atoms with Crippen LogP contribution in [-0.2, 0) is 0 Å². The number of furan rings is 1. The quantitative estimate of drug-likeness (QED) is 0.145. The van der Waals surface area contributed by atoms with Gasteiger partial charge in [0.15, 0.2) is 0 Å². The molecule has 2 heterocycles. The summed E-state index contributed by atoms with van der Waals surface area (Å²) in [5.41, 5.74) is 18.9. The molecule has 0 saturated heterocycles. The van der Waals surface area contributed by atoms with Crippen molar-refractivity contribution >= 4 is 247 Å². The van der Waals surface area contributed by atoms with Crippen LogP contribution < -0.4 is 0 Å². The first-order chi connectivity index (χ1) is 62.5. The Balaban J connectivity index is 0.636. The summed E-state index contributed by atoms with van der Waals surface area (Å²) in [5.74, 6) is 0. The third-order valence-corrected chi connectivity index (χ3v) is 30.3. The van der Waals surface area contributed by atoms with E-state index < -0.39 is 0 Å². The fourth-order valence-corrected chi connectivity index (χ4v) is 25.2. The Hall–Kier alpha value is -16.1. The Morgan fingerprint density at radius 1 is 0.143 bits per heavy atom. The van der Waals surface area contributed by atoms with Crippen molar-refractivity contribution < 1.29 is 4.42 Å². The zero-order valence-corrected chi connectivity index (χ0v) is 68.7. The van der Waals surface area contributed by atoms with Gasteiger partial charge in [-0.1, -0.05) is 340 Å². The maximum Gasteiger partial charge on any atom is 0.135 e. The summed E-state index contributed by atoms with van der Waals surface area (Å²) in [6.45, 7) is 0. The van der Waals surface area contributed by atoms with Crippen LogP contribution in [0.4, 0.5) is 0 Å². The van der Waals surface area contributed by atoms with Gasteiger partial charge in [-0.25, -0.2) is 0 Å². The molecule has 0 amide bonds. The van der Waals surface area contributed by atoms with Crippen LogP contribution in [0, 0.1) is 0 Å². The molecule has 0 unspecified atom stereocenters. The van der Waals surface area contributed by atoms with Gasteiger partial charge < -0.3 is 4.42 Å². The minimum atomic E-state index is 0.905. The Bertz CT molecular complexity index is 10100. The monoisotopic (exact) mass is 1600 g/mol. The molecule has 0 atom stereocenters. The maximum atomic E-state index is 6.31. The van der Waals surface area contributed by atoms with E-state index in [9.17, 15) is 0 Å². The minimum Gasteiger partial charge on any atom is -0.456 e. The SMILES string of the molecule is c1ccc(-c2c3cc4c5ccccc5c5cccc(c3c(-c3ccc(-c6ccc(-c7c8cc9c%10ccccc%10c%10cccc(c8c(-c8ccccc8)c8c%11cc%12ccc%13cc(-c%14cccc%15c%14sc%14ccccc%14%15)ccc%13c%12c%12cccc(c78)c%11%12)c%109)cc6)cc3)c3c6cc7ccc8cc(-c9ccc%10oc%11ccccc%11c%10c9)ccc8c7c7cccc(c23)c67)c54)cc1. The Morgan fingerprint density at radius 3 is 1.06 bits per heavy atom. The lowest BCUT2D eigenvalue weighted by Gasteiger charge is -2.20. The van der Waals surface area contributed by atoms with E-state index in [1.165, 1.54) is 281 Å². The van der Waals surface area contributed by atoms with E-state index in [0.29, 0.717) is 0 Å². The van der Waals surface area contributed by atoms with Crippen molar-refractivity contribution in [2.75, 3.05) is 0 Å². The summed E-state index contributed by atoms with van der Waals surface area (Å²) < 4.78 is 8.97. The number of benzene rings is 24. The lowest BCUT2D eigenvalue weighted by molar-refractivity contribution is 0.669. The molecule has 0 fully saturated rings.